The Labute approximate surface area is 167 Å². The van der Waals surface area contributed by atoms with Gasteiger partial charge in [0, 0.05) is 16.8 Å². The van der Waals surface area contributed by atoms with Gasteiger partial charge in [0.05, 0.1) is 17.8 Å². The number of benzene rings is 2. The highest BCUT2D eigenvalue weighted by Crippen LogP contribution is 2.32. The topological polar surface area (TPSA) is 79.7 Å². The number of para-hydroxylation sites is 1. The Bertz CT molecular complexity index is 1070. The first-order chi connectivity index (χ1) is 14.0. The van der Waals surface area contributed by atoms with E-state index in [2.05, 4.69) is 5.10 Å². The number of aryl methyl sites for hydroxylation is 1. The van der Waals surface area contributed by atoms with Gasteiger partial charge >= 0.3 is 5.97 Å². The number of ether oxygens (including phenoxy) is 3. The Hall–Kier alpha value is -3.61. The summed E-state index contributed by atoms with van der Waals surface area (Å²) in [6.07, 6.45) is 0.0545. The second-order valence-corrected chi connectivity index (χ2v) is 6.73. The van der Waals surface area contributed by atoms with Gasteiger partial charge in [-0.25, -0.2) is 4.68 Å². The average molecular weight is 392 g/mol. The Morgan fingerprint density at radius 3 is 2.62 bits per heavy atom. The molecule has 7 nitrogen and oxygen atoms in total. The number of nitrogens with zero attached hydrogens (tertiary/aromatic N) is 2. The van der Waals surface area contributed by atoms with Gasteiger partial charge in [0.2, 0.25) is 6.79 Å². The number of hydrogen-bond acceptors (Lipinski definition) is 6. The lowest BCUT2D eigenvalue weighted by molar-refractivity contribution is -0.141. The van der Waals surface area contributed by atoms with Crippen LogP contribution in [-0.4, -0.2) is 34.9 Å². The highest BCUT2D eigenvalue weighted by atomic mass is 16.7. The summed E-state index contributed by atoms with van der Waals surface area (Å²) >= 11 is 0. The van der Waals surface area contributed by atoms with Crippen LogP contribution in [0.2, 0.25) is 0 Å². The molecule has 1 aliphatic heterocycles. The highest BCUT2D eigenvalue weighted by Gasteiger charge is 2.19. The minimum atomic E-state index is -0.474. The van der Waals surface area contributed by atoms with E-state index >= 15 is 0 Å². The summed E-state index contributed by atoms with van der Waals surface area (Å²) in [5.41, 5.74) is 3.75. The third-order valence-corrected chi connectivity index (χ3v) is 4.82. The van der Waals surface area contributed by atoms with E-state index in [4.69, 9.17) is 14.2 Å². The van der Waals surface area contributed by atoms with Gasteiger partial charge in [-0.1, -0.05) is 18.2 Å². The third-order valence-electron chi connectivity index (χ3n) is 4.82. The molecule has 0 aliphatic carbocycles. The molecular formula is C22H20N2O5. The van der Waals surface area contributed by atoms with Gasteiger partial charge in [0.1, 0.15) is 0 Å². The van der Waals surface area contributed by atoms with Gasteiger partial charge in [-0.3, -0.25) is 9.59 Å². The van der Waals surface area contributed by atoms with E-state index < -0.39 is 5.97 Å². The number of fused-ring (bicyclic) bond motifs is 1. The first kappa shape index (κ1) is 18.7. The molecule has 0 radical (unpaired) electrons. The molecule has 7 heteroatoms. The number of hydrogen-bond donors (Lipinski definition) is 0. The van der Waals surface area contributed by atoms with E-state index in [0.29, 0.717) is 17.1 Å². The zero-order valence-corrected chi connectivity index (χ0v) is 16.2. The van der Waals surface area contributed by atoms with Crippen molar-refractivity contribution in [2.45, 2.75) is 20.3 Å². The van der Waals surface area contributed by atoms with Crippen molar-refractivity contribution < 1.29 is 23.8 Å². The van der Waals surface area contributed by atoms with Gasteiger partial charge in [-0.05, 0) is 44.2 Å². The fourth-order valence-electron chi connectivity index (χ4n) is 3.25. The molecule has 4 rings (SSSR count). The molecule has 2 aromatic carbocycles. The van der Waals surface area contributed by atoms with Gasteiger partial charge in [0.25, 0.3) is 0 Å². The quantitative estimate of drug-likeness (QED) is 0.474. The summed E-state index contributed by atoms with van der Waals surface area (Å²) in [6, 6.07) is 14.6. The maximum atomic E-state index is 12.3. The number of esters is 1. The summed E-state index contributed by atoms with van der Waals surface area (Å²) in [5, 5.41) is 4.53. The van der Waals surface area contributed by atoms with Crippen LogP contribution in [0.4, 0.5) is 0 Å². The molecule has 29 heavy (non-hydrogen) atoms. The van der Waals surface area contributed by atoms with Crippen LogP contribution in [0, 0.1) is 13.8 Å². The predicted octanol–water partition coefficient (Wildman–Crippen LogP) is 3.19. The van der Waals surface area contributed by atoms with Gasteiger partial charge in [0.15, 0.2) is 23.9 Å². The number of rotatable bonds is 6. The van der Waals surface area contributed by atoms with Crippen molar-refractivity contribution in [2.75, 3.05) is 13.4 Å². The fraction of sp³-hybridized carbons (Fsp3) is 0.227. The molecule has 0 saturated heterocycles. The third kappa shape index (κ3) is 3.85. The molecule has 1 aliphatic rings. The lowest BCUT2D eigenvalue weighted by Gasteiger charge is -2.07. The molecule has 0 N–H and O–H groups in total. The maximum absolute atomic E-state index is 12.3. The van der Waals surface area contributed by atoms with Crippen molar-refractivity contribution in [3.63, 3.8) is 0 Å². The monoisotopic (exact) mass is 392 g/mol. The summed E-state index contributed by atoms with van der Waals surface area (Å²) in [4.78, 5) is 24.7. The SMILES string of the molecule is Cc1nn(-c2ccccc2)c(C)c1CC(=O)OCC(=O)c1ccc2c(c1)OCO2. The van der Waals surface area contributed by atoms with Crippen molar-refractivity contribution in [1.82, 2.24) is 9.78 Å². The molecule has 3 aromatic rings. The van der Waals surface area contributed by atoms with Crippen molar-refractivity contribution in [1.29, 1.82) is 0 Å². The van der Waals surface area contributed by atoms with Gasteiger partial charge < -0.3 is 14.2 Å². The minimum Gasteiger partial charge on any atom is -0.457 e. The molecule has 2 heterocycles. The molecule has 0 bridgehead atoms. The van der Waals surface area contributed by atoms with E-state index in [0.717, 1.165) is 22.6 Å². The van der Waals surface area contributed by atoms with Gasteiger partial charge in [-0.15, -0.1) is 0 Å². The highest BCUT2D eigenvalue weighted by molar-refractivity contribution is 5.98. The number of carbonyl (C=O) groups excluding carboxylic acids is 2. The molecule has 0 fully saturated rings. The molecule has 0 atom stereocenters. The Balaban J connectivity index is 1.40. The van der Waals surface area contributed by atoms with Crippen molar-refractivity contribution in [3.8, 4) is 17.2 Å². The van der Waals surface area contributed by atoms with Crippen molar-refractivity contribution >= 4 is 11.8 Å². The number of Topliss-reactive ketones (excluding diaryl/α,β-unsaturated/α-hetero) is 1. The van der Waals surface area contributed by atoms with Crippen LogP contribution in [0.25, 0.3) is 5.69 Å². The molecule has 1 aromatic heterocycles. The fourth-order valence-corrected chi connectivity index (χ4v) is 3.25. The van der Waals surface area contributed by atoms with E-state index in [1.165, 1.54) is 0 Å². The zero-order chi connectivity index (χ0) is 20.4. The van der Waals surface area contributed by atoms with Crippen LogP contribution >= 0.6 is 0 Å². The van der Waals surface area contributed by atoms with Crippen LogP contribution in [0.15, 0.2) is 48.5 Å². The molecular weight excluding hydrogens is 372 g/mol. The smallest absolute Gasteiger partial charge is 0.310 e. The van der Waals surface area contributed by atoms with E-state index in [9.17, 15) is 9.59 Å². The lowest BCUT2D eigenvalue weighted by Crippen LogP contribution is -2.16. The number of ketones is 1. The summed E-state index contributed by atoms with van der Waals surface area (Å²) in [7, 11) is 0. The van der Waals surface area contributed by atoms with Crippen molar-refractivity contribution in [3.05, 3.63) is 71.0 Å². The summed E-state index contributed by atoms with van der Waals surface area (Å²) in [5.74, 6) is 0.338. The minimum absolute atomic E-state index is 0.0545. The molecule has 0 unspecified atom stereocenters. The standard InChI is InChI=1S/C22H20N2O5/c1-14-18(15(2)24(23-14)17-6-4-3-5-7-17)11-22(26)27-12-19(25)16-8-9-20-21(10-16)29-13-28-20/h3-10H,11-13H2,1-2H3. The predicted molar refractivity (Wildman–Crippen MR) is 105 cm³/mol. The molecule has 0 amide bonds. The van der Waals surface area contributed by atoms with Crippen LogP contribution < -0.4 is 9.47 Å². The maximum Gasteiger partial charge on any atom is 0.310 e. The van der Waals surface area contributed by atoms with Crippen LogP contribution in [0.5, 0.6) is 11.5 Å². The summed E-state index contributed by atoms with van der Waals surface area (Å²) in [6.45, 7) is 3.57. The van der Waals surface area contributed by atoms with E-state index in [1.807, 2.05) is 44.2 Å². The molecule has 0 saturated carbocycles. The van der Waals surface area contributed by atoms with Gasteiger partial charge in [-0.2, -0.15) is 5.10 Å². The Morgan fingerprint density at radius 2 is 1.83 bits per heavy atom. The molecule has 0 spiro atoms. The van der Waals surface area contributed by atoms with Crippen LogP contribution in [0.3, 0.4) is 0 Å². The average Bonchev–Trinajstić information content (AvgIpc) is 3.32. The second kappa shape index (κ2) is 7.79. The van der Waals surface area contributed by atoms with Crippen LogP contribution in [-0.2, 0) is 16.0 Å². The van der Waals surface area contributed by atoms with Crippen molar-refractivity contribution in [2.24, 2.45) is 0 Å². The second-order valence-electron chi connectivity index (χ2n) is 6.73. The Morgan fingerprint density at radius 1 is 1.07 bits per heavy atom. The first-order valence-electron chi connectivity index (χ1n) is 9.22. The number of aromatic nitrogens is 2. The lowest BCUT2D eigenvalue weighted by atomic mass is 10.1. The number of carbonyl (C=O) groups is 2. The van der Waals surface area contributed by atoms with Crippen LogP contribution in [0.1, 0.15) is 27.3 Å². The van der Waals surface area contributed by atoms with E-state index in [1.54, 1.807) is 22.9 Å². The van der Waals surface area contributed by atoms with E-state index in [-0.39, 0.29) is 25.6 Å². The normalized spacial score (nSPS) is 12.1. The zero-order valence-electron chi connectivity index (χ0n) is 16.2. The molecule has 148 valence electrons. The Kier molecular flexibility index (Phi) is 5.03. The summed E-state index contributed by atoms with van der Waals surface area (Å²) < 4.78 is 17.5. The first-order valence-corrected chi connectivity index (χ1v) is 9.22. The largest absolute Gasteiger partial charge is 0.457 e.